The number of hydrogen-bond donors (Lipinski definition) is 1. The molecule has 1 saturated heterocycles. The van der Waals surface area contributed by atoms with E-state index in [0.717, 1.165) is 6.42 Å². The van der Waals surface area contributed by atoms with E-state index < -0.39 is 23.4 Å². The second kappa shape index (κ2) is 8.22. The van der Waals surface area contributed by atoms with E-state index in [4.69, 9.17) is 4.74 Å². The molecule has 34 heavy (non-hydrogen) atoms. The van der Waals surface area contributed by atoms with Gasteiger partial charge < -0.3 is 10.1 Å². The molecule has 3 aliphatic rings. The number of esters is 1. The Hall–Kier alpha value is -4.34. The summed E-state index contributed by atoms with van der Waals surface area (Å²) in [5, 5.41) is 13.2. The summed E-state index contributed by atoms with van der Waals surface area (Å²) in [6.45, 7) is -0.592. The van der Waals surface area contributed by atoms with Gasteiger partial charge in [0.15, 0.2) is 6.61 Å². The topological polar surface area (TPSA) is 136 Å². The van der Waals surface area contributed by atoms with Crippen molar-refractivity contribution in [1.82, 2.24) is 0 Å². The molecule has 5 rings (SSSR count). The van der Waals surface area contributed by atoms with Gasteiger partial charge in [-0.05, 0) is 48.6 Å². The molecule has 0 radical (unpaired) electrons. The van der Waals surface area contributed by atoms with Crippen molar-refractivity contribution in [3.63, 3.8) is 0 Å². The van der Waals surface area contributed by atoms with Crippen LogP contribution in [0.5, 0.6) is 0 Å². The van der Waals surface area contributed by atoms with Crippen LogP contribution in [-0.4, -0.2) is 35.2 Å². The number of non-ortho nitro benzene ring substituents is 1. The molecule has 1 aliphatic heterocycles. The third kappa shape index (κ3) is 3.62. The highest BCUT2D eigenvalue weighted by molar-refractivity contribution is 6.22. The number of carbonyl (C=O) groups is 4. The van der Waals surface area contributed by atoms with Gasteiger partial charge in [0.2, 0.25) is 11.8 Å². The van der Waals surface area contributed by atoms with Gasteiger partial charge in [0.1, 0.15) is 0 Å². The molecule has 0 unspecified atom stereocenters. The molecule has 2 aromatic carbocycles. The molecule has 4 atom stereocenters. The van der Waals surface area contributed by atoms with Crippen molar-refractivity contribution >= 4 is 40.8 Å². The van der Waals surface area contributed by atoms with Gasteiger partial charge in [0.05, 0.1) is 28.0 Å². The number of nitrogens with one attached hydrogen (secondary N) is 1. The highest BCUT2D eigenvalue weighted by atomic mass is 16.6. The Labute approximate surface area is 193 Å². The Morgan fingerprint density at radius 2 is 1.68 bits per heavy atom. The number of amides is 3. The number of allylic oxidation sites excluding steroid dienone is 2. The van der Waals surface area contributed by atoms with Crippen LogP contribution in [-0.2, 0) is 19.1 Å². The number of anilines is 2. The van der Waals surface area contributed by atoms with Crippen molar-refractivity contribution < 1.29 is 28.8 Å². The average molecular weight is 461 g/mol. The van der Waals surface area contributed by atoms with Crippen LogP contribution in [0.4, 0.5) is 17.1 Å². The molecule has 1 heterocycles. The third-order valence-electron chi connectivity index (χ3n) is 6.51. The molecule has 0 aromatic heterocycles. The number of rotatable bonds is 6. The van der Waals surface area contributed by atoms with Crippen LogP contribution in [0.25, 0.3) is 0 Å². The van der Waals surface area contributed by atoms with Crippen molar-refractivity contribution in [3.05, 3.63) is 76.4 Å². The summed E-state index contributed by atoms with van der Waals surface area (Å²) < 4.78 is 5.00. The van der Waals surface area contributed by atoms with E-state index in [1.165, 1.54) is 53.4 Å². The zero-order chi connectivity index (χ0) is 24.0. The number of benzene rings is 2. The predicted molar refractivity (Wildman–Crippen MR) is 119 cm³/mol. The fourth-order valence-electron chi connectivity index (χ4n) is 5.01. The number of imide groups is 1. The quantitative estimate of drug-likeness (QED) is 0.230. The molecule has 2 aliphatic carbocycles. The standard InChI is InChI=1S/C24H19N3O7/c28-19(25-16-2-1-3-18(11-16)27(32)33)12-34-24(31)13-6-8-17(9-7-13)26-22(29)20-14-4-5-15(10-14)21(20)23(26)30/h1-9,11,14-15,20-21H,10,12H2,(H,25,28)/t14-,15-,20-,21-/m0/s1. The van der Waals surface area contributed by atoms with E-state index in [2.05, 4.69) is 5.32 Å². The maximum absolute atomic E-state index is 12.9. The number of ether oxygens (including phenoxy) is 1. The number of nitrogens with zero attached hydrogens (tertiary/aromatic N) is 2. The maximum Gasteiger partial charge on any atom is 0.338 e. The van der Waals surface area contributed by atoms with E-state index in [1.54, 1.807) is 0 Å². The van der Waals surface area contributed by atoms with Gasteiger partial charge >= 0.3 is 5.97 Å². The molecule has 0 spiro atoms. The lowest BCUT2D eigenvalue weighted by Gasteiger charge is -2.17. The largest absolute Gasteiger partial charge is 0.452 e. The van der Waals surface area contributed by atoms with E-state index in [9.17, 15) is 29.3 Å². The van der Waals surface area contributed by atoms with Crippen LogP contribution in [0.15, 0.2) is 60.7 Å². The Morgan fingerprint density at radius 1 is 1.03 bits per heavy atom. The van der Waals surface area contributed by atoms with E-state index in [0.29, 0.717) is 5.69 Å². The Kier molecular flexibility index (Phi) is 5.20. The second-order valence-corrected chi connectivity index (χ2v) is 8.49. The number of nitro groups is 1. The van der Waals surface area contributed by atoms with Gasteiger partial charge in [-0.2, -0.15) is 0 Å². The normalized spacial score (nSPS) is 24.3. The summed E-state index contributed by atoms with van der Waals surface area (Å²) in [5.74, 6) is -2.24. The van der Waals surface area contributed by atoms with Crippen LogP contribution in [0.1, 0.15) is 16.8 Å². The van der Waals surface area contributed by atoms with E-state index in [1.807, 2.05) is 12.2 Å². The molecule has 10 heteroatoms. The smallest absolute Gasteiger partial charge is 0.338 e. The minimum absolute atomic E-state index is 0.110. The van der Waals surface area contributed by atoms with Crippen molar-refractivity contribution in [1.29, 1.82) is 0 Å². The molecule has 2 bridgehead atoms. The zero-order valence-electron chi connectivity index (χ0n) is 17.7. The maximum atomic E-state index is 12.9. The Morgan fingerprint density at radius 3 is 2.29 bits per heavy atom. The first kappa shape index (κ1) is 21.5. The first-order chi connectivity index (χ1) is 16.3. The average Bonchev–Trinajstić information content (AvgIpc) is 3.51. The molecule has 2 aromatic rings. The van der Waals surface area contributed by atoms with E-state index in [-0.39, 0.29) is 52.4 Å². The first-order valence-electron chi connectivity index (χ1n) is 10.7. The van der Waals surface area contributed by atoms with Gasteiger partial charge in [-0.25, -0.2) is 4.79 Å². The van der Waals surface area contributed by atoms with Gasteiger partial charge in [-0.15, -0.1) is 0 Å². The molecule has 172 valence electrons. The fraction of sp³-hybridized carbons (Fsp3) is 0.250. The minimum atomic E-state index is -0.765. The van der Waals surface area contributed by atoms with Crippen LogP contribution in [0, 0.1) is 33.8 Å². The van der Waals surface area contributed by atoms with Gasteiger partial charge in [0.25, 0.3) is 11.6 Å². The molecule has 3 amide bonds. The summed E-state index contributed by atoms with van der Waals surface area (Å²) >= 11 is 0. The Bertz CT molecular complexity index is 1220. The lowest BCUT2D eigenvalue weighted by atomic mass is 9.85. The first-order valence-corrected chi connectivity index (χ1v) is 10.7. The summed E-state index contributed by atoms with van der Waals surface area (Å²) in [4.78, 5) is 61.6. The zero-order valence-corrected chi connectivity index (χ0v) is 17.7. The summed E-state index contributed by atoms with van der Waals surface area (Å²) in [5.41, 5.74) is 0.557. The van der Waals surface area contributed by atoms with Crippen molar-refractivity contribution in [2.45, 2.75) is 6.42 Å². The molecule has 10 nitrogen and oxygen atoms in total. The highest BCUT2D eigenvalue weighted by Gasteiger charge is 2.59. The van der Waals surface area contributed by atoms with Gasteiger partial charge in [-0.1, -0.05) is 18.2 Å². The lowest BCUT2D eigenvalue weighted by Crippen LogP contribution is -2.32. The lowest BCUT2D eigenvalue weighted by molar-refractivity contribution is -0.384. The van der Waals surface area contributed by atoms with Crippen molar-refractivity contribution in [3.8, 4) is 0 Å². The number of fused-ring (bicyclic) bond motifs is 5. The molecular weight excluding hydrogens is 442 g/mol. The van der Waals surface area contributed by atoms with Crippen LogP contribution >= 0.6 is 0 Å². The number of nitro benzene ring substituents is 1. The SMILES string of the molecule is O=C(COC(=O)c1ccc(N2C(=O)[C@@H]3[C@@H](C2=O)[C@H]2C=C[C@H]3C2)cc1)Nc1cccc([N+](=O)[O-])c1. The third-order valence-corrected chi connectivity index (χ3v) is 6.51. The van der Waals surface area contributed by atoms with Crippen molar-refractivity contribution in [2.75, 3.05) is 16.8 Å². The number of hydrogen-bond acceptors (Lipinski definition) is 7. The fourth-order valence-corrected chi connectivity index (χ4v) is 5.01. The van der Waals surface area contributed by atoms with Crippen LogP contribution in [0.2, 0.25) is 0 Å². The summed E-state index contributed by atoms with van der Waals surface area (Å²) in [7, 11) is 0. The van der Waals surface area contributed by atoms with Crippen LogP contribution < -0.4 is 10.2 Å². The predicted octanol–water partition coefficient (Wildman–Crippen LogP) is 2.70. The minimum Gasteiger partial charge on any atom is -0.452 e. The van der Waals surface area contributed by atoms with Crippen LogP contribution in [0.3, 0.4) is 0 Å². The summed E-state index contributed by atoms with van der Waals surface area (Å²) in [6.07, 6.45) is 4.89. The van der Waals surface area contributed by atoms with E-state index >= 15 is 0 Å². The highest BCUT2D eigenvalue weighted by Crippen LogP contribution is 2.53. The second-order valence-electron chi connectivity index (χ2n) is 8.49. The summed E-state index contributed by atoms with van der Waals surface area (Å²) in [6, 6.07) is 11.2. The monoisotopic (exact) mass is 461 g/mol. The molecule has 1 saturated carbocycles. The Balaban J connectivity index is 1.19. The number of carbonyl (C=O) groups excluding carboxylic acids is 4. The van der Waals surface area contributed by atoms with Crippen molar-refractivity contribution in [2.24, 2.45) is 23.7 Å². The molecule has 1 N–H and O–H groups in total. The molecule has 2 fully saturated rings. The van der Waals surface area contributed by atoms with Gasteiger partial charge in [0, 0.05) is 17.8 Å². The molecular formula is C24H19N3O7. The van der Waals surface area contributed by atoms with Gasteiger partial charge in [-0.3, -0.25) is 29.4 Å².